The van der Waals surface area contributed by atoms with Crippen molar-refractivity contribution in [2.75, 3.05) is 76.3 Å². The molecule has 5 heterocycles. The SMILES string of the molecule is Cc1ccc(NC(=O)c2ccc(CN3CCN(CCCCCCOCCCCCOCCCCCC(=O)N[C@H](C(=O)N4C[C@H](O)C[C@H]4C(=O)NCc4ccc(-c5scnc5C)cc4)C(C)(C)C)CC3)cc2)cc1Nc1nccc(-c2cccnc2)n1. The number of amides is 4. The number of unbranched alkanes of at least 4 members (excludes halogenated alkanes) is 7. The average Bonchev–Trinajstić information content (AvgIpc) is 4.05. The van der Waals surface area contributed by atoms with Gasteiger partial charge >= 0.3 is 0 Å². The van der Waals surface area contributed by atoms with Crippen LogP contribution in [0.3, 0.4) is 0 Å². The molecule has 19 heteroatoms. The number of carbonyl (C=O) groups excluding carboxylic acids is 4. The van der Waals surface area contributed by atoms with E-state index in [1.165, 1.54) is 29.7 Å². The third-order valence-electron chi connectivity index (χ3n) is 15.9. The Balaban J connectivity index is 0.596. The molecule has 0 unspecified atom stereocenters. The van der Waals surface area contributed by atoms with Crippen molar-refractivity contribution in [2.24, 2.45) is 5.41 Å². The second kappa shape index (κ2) is 33.2. The minimum atomic E-state index is -0.850. The largest absolute Gasteiger partial charge is 0.391 e. The highest BCUT2D eigenvalue weighted by molar-refractivity contribution is 7.13. The van der Waals surface area contributed by atoms with Gasteiger partial charge in [-0.1, -0.05) is 82.5 Å². The number of anilines is 3. The number of pyridine rings is 1. The van der Waals surface area contributed by atoms with Gasteiger partial charge in [-0.2, -0.15) is 0 Å². The van der Waals surface area contributed by atoms with Crippen molar-refractivity contribution in [1.82, 2.24) is 45.3 Å². The minimum absolute atomic E-state index is 0.0356. The molecule has 2 aliphatic rings. The Morgan fingerprint density at radius 3 is 2.09 bits per heavy atom. The third kappa shape index (κ3) is 20.3. The van der Waals surface area contributed by atoms with Gasteiger partial charge in [-0.3, -0.25) is 29.1 Å². The average molecular weight is 1190 g/mol. The number of aromatic nitrogens is 4. The summed E-state index contributed by atoms with van der Waals surface area (Å²) in [5.41, 5.74) is 10.1. The number of nitrogens with zero attached hydrogens (tertiary/aromatic N) is 7. The topological polar surface area (TPSA) is 216 Å². The molecule has 8 rings (SSSR count). The number of likely N-dealkylation sites (tertiary alicyclic amines) is 1. The molecule has 0 radical (unpaired) electrons. The molecular weight excluding hydrogens is 1100 g/mol. The van der Waals surface area contributed by atoms with E-state index in [1.807, 2.05) is 113 Å². The van der Waals surface area contributed by atoms with Crippen molar-refractivity contribution in [2.45, 2.75) is 143 Å². The zero-order valence-electron chi connectivity index (χ0n) is 51.0. The number of aliphatic hydroxyl groups is 1. The molecule has 3 aromatic heterocycles. The van der Waals surface area contributed by atoms with E-state index in [9.17, 15) is 24.3 Å². The van der Waals surface area contributed by atoms with Crippen molar-refractivity contribution in [3.8, 4) is 21.7 Å². The number of hydrogen-bond donors (Lipinski definition) is 5. The second-order valence-electron chi connectivity index (χ2n) is 23.9. The molecule has 6 aromatic rings. The van der Waals surface area contributed by atoms with Crippen molar-refractivity contribution < 1.29 is 33.8 Å². The Labute approximate surface area is 512 Å². The summed E-state index contributed by atoms with van der Waals surface area (Å²) in [4.78, 5) is 79.1. The molecule has 460 valence electrons. The first-order valence-electron chi connectivity index (χ1n) is 30.8. The number of piperazine rings is 1. The summed E-state index contributed by atoms with van der Waals surface area (Å²) in [7, 11) is 0. The minimum Gasteiger partial charge on any atom is -0.391 e. The maximum absolute atomic E-state index is 14.0. The molecule has 2 aliphatic heterocycles. The first kappa shape index (κ1) is 65.0. The monoisotopic (exact) mass is 1190 g/mol. The molecule has 86 heavy (non-hydrogen) atoms. The second-order valence-corrected chi connectivity index (χ2v) is 24.7. The zero-order valence-corrected chi connectivity index (χ0v) is 51.8. The van der Waals surface area contributed by atoms with Gasteiger partial charge in [0.25, 0.3) is 5.91 Å². The van der Waals surface area contributed by atoms with Crippen LogP contribution < -0.4 is 21.3 Å². The molecular formula is C67H89N11O7S. The van der Waals surface area contributed by atoms with E-state index in [0.29, 0.717) is 36.8 Å². The number of thiazole rings is 1. The third-order valence-corrected chi connectivity index (χ3v) is 16.9. The highest BCUT2D eigenvalue weighted by atomic mass is 32.1. The van der Waals surface area contributed by atoms with Crippen molar-refractivity contribution >= 4 is 52.3 Å². The van der Waals surface area contributed by atoms with Crippen LogP contribution in [0.4, 0.5) is 17.3 Å². The number of carbonyl (C=O) groups is 4. The van der Waals surface area contributed by atoms with Gasteiger partial charge in [0.05, 0.1) is 27.9 Å². The van der Waals surface area contributed by atoms with E-state index in [4.69, 9.17) is 9.47 Å². The van der Waals surface area contributed by atoms with E-state index in [2.05, 4.69) is 63.1 Å². The highest BCUT2D eigenvalue weighted by Gasteiger charge is 2.44. The van der Waals surface area contributed by atoms with Crippen molar-refractivity contribution in [3.05, 3.63) is 137 Å². The molecule has 2 fully saturated rings. The molecule has 5 N–H and O–H groups in total. The van der Waals surface area contributed by atoms with Crippen LogP contribution in [-0.4, -0.2) is 147 Å². The molecule has 3 aromatic carbocycles. The van der Waals surface area contributed by atoms with Crippen molar-refractivity contribution in [1.29, 1.82) is 0 Å². The summed E-state index contributed by atoms with van der Waals surface area (Å²) in [6.45, 7) is 19.2. The van der Waals surface area contributed by atoms with Crippen LogP contribution in [0.2, 0.25) is 0 Å². The smallest absolute Gasteiger partial charge is 0.255 e. The lowest BCUT2D eigenvalue weighted by Gasteiger charge is -2.35. The van der Waals surface area contributed by atoms with Crippen molar-refractivity contribution in [3.63, 3.8) is 0 Å². The molecule has 18 nitrogen and oxygen atoms in total. The van der Waals surface area contributed by atoms with E-state index in [-0.39, 0.29) is 49.6 Å². The Morgan fingerprint density at radius 1 is 0.744 bits per heavy atom. The van der Waals surface area contributed by atoms with E-state index < -0.39 is 23.6 Å². The summed E-state index contributed by atoms with van der Waals surface area (Å²) in [5.74, 6) is -0.593. The number of nitrogens with one attached hydrogen (secondary N) is 4. The van der Waals surface area contributed by atoms with Crippen LogP contribution >= 0.6 is 11.3 Å². The lowest BCUT2D eigenvalue weighted by Crippen LogP contribution is -2.57. The molecule has 3 atom stereocenters. The Bertz CT molecular complexity index is 3080. The summed E-state index contributed by atoms with van der Waals surface area (Å²) < 4.78 is 11.8. The van der Waals surface area contributed by atoms with Gasteiger partial charge in [-0.05, 0) is 135 Å². The first-order valence-corrected chi connectivity index (χ1v) is 31.7. The fraction of sp³-hybridized carbons (Fsp3) is 0.493. The molecule has 2 saturated heterocycles. The quantitative estimate of drug-likeness (QED) is 0.0249. The van der Waals surface area contributed by atoms with E-state index in [0.717, 1.165) is 135 Å². The maximum Gasteiger partial charge on any atom is 0.255 e. The van der Waals surface area contributed by atoms with Crippen LogP contribution in [-0.2, 0) is 36.9 Å². The van der Waals surface area contributed by atoms with E-state index >= 15 is 0 Å². The first-order chi connectivity index (χ1) is 41.7. The van der Waals surface area contributed by atoms with Gasteiger partial charge in [-0.15, -0.1) is 11.3 Å². The van der Waals surface area contributed by atoms with Gasteiger partial charge < -0.3 is 45.6 Å². The van der Waals surface area contributed by atoms with Gasteiger partial charge in [0.15, 0.2) is 0 Å². The fourth-order valence-corrected chi connectivity index (χ4v) is 11.6. The fourth-order valence-electron chi connectivity index (χ4n) is 10.8. The Morgan fingerprint density at radius 2 is 1.42 bits per heavy atom. The van der Waals surface area contributed by atoms with Gasteiger partial charge in [0, 0.05) is 126 Å². The van der Waals surface area contributed by atoms with E-state index in [1.54, 1.807) is 29.9 Å². The maximum atomic E-state index is 14.0. The van der Waals surface area contributed by atoms with Gasteiger partial charge in [0.2, 0.25) is 23.7 Å². The summed E-state index contributed by atoms with van der Waals surface area (Å²) in [6.07, 6.45) is 15.0. The van der Waals surface area contributed by atoms with Gasteiger partial charge in [-0.25, -0.2) is 15.0 Å². The molecule has 0 aliphatic carbocycles. The standard InChI is InChI=1S/C67H89N11O7S/c1-48-19-28-55(41-58(48)74-66-69-31-29-57(73-66)54-17-16-30-68-44-54)72-63(81)53-26-22-51(23-27-53)45-77-35-33-76(34-36-77)32-11-6-7-12-37-84-39-14-9-15-40-85-38-13-8-10-18-60(80)75-62(67(3,4)5)65(83)78-46-56(79)42-59(78)64(82)70-43-50-20-24-52(25-21-50)61-49(2)71-47-86-61/h16-17,19-31,41,44,47,56,59,62,79H,6-15,18,32-40,42-43,45-46H2,1-5H3,(H,70,82)(H,72,81)(H,75,80)(H,69,73,74)/t56-,59+,62-/m1/s1. The highest BCUT2D eigenvalue weighted by Crippen LogP contribution is 2.30. The number of β-amino-alcohol motifs (C(OH)–C–C–N with tert-alkyl or cyclic N) is 1. The van der Waals surface area contributed by atoms with Crippen LogP contribution in [0, 0.1) is 19.3 Å². The molecule has 0 saturated carbocycles. The lowest BCUT2D eigenvalue weighted by molar-refractivity contribution is -0.144. The number of aliphatic hydroxyl groups excluding tert-OH is 1. The van der Waals surface area contributed by atoms with Gasteiger partial charge in [0.1, 0.15) is 12.1 Å². The number of benzene rings is 3. The zero-order chi connectivity index (χ0) is 60.7. The van der Waals surface area contributed by atoms with Crippen LogP contribution in [0.25, 0.3) is 21.7 Å². The molecule has 4 amide bonds. The number of aryl methyl sites for hydroxylation is 2. The summed E-state index contributed by atoms with van der Waals surface area (Å²) >= 11 is 1.59. The Kier molecular flexibility index (Phi) is 25.1. The normalized spacial score (nSPS) is 16.0. The molecule has 0 spiro atoms. The lowest BCUT2D eigenvalue weighted by atomic mass is 9.85. The predicted molar refractivity (Wildman–Crippen MR) is 340 cm³/mol. The Hall–Kier alpha value is -7.00. The van der Waals surface area contributed by atoms with Crippen LogP contribution in [0.5, 0.6) is 0 Å². The predicted octanol–water partition coefficient (Wildman–Crippen LogP) is 10.5. The van der Waals surface area contributed by atoms with Crippen LogP contribution in [0.15, 0.2) is 109 Å². The summed E-state index contributed by atoms with van der Waals surface area (Å²) in [6, 6.07) is 25.6. The number of ether oxygens (including phenoxy) is 2. The molecule has 0 bridgehead atoms. The number of hydrogen-bond acceptors (Lipinski definition) is 15. The van der Waals surface area contributed by atoms with Crippen LogP contribution in [0.1, 0.15) is 131 Å². The number of rotatable bonds is 32. The summed E-state index contributed by atoms with van der Waals surface area (Å²) in [5, 5.41) is 22.9.